The summed E-state index contributed by atoms with van der Waals surface area (Å²) in [5.74, 6) is 0.184. The Balaban J connectivity index is 2.16. The average molecular weight is 298 g/mol. The number of hydrogen-bond donors (Lipinski definition) is 0. The summed E-state index contributed by atoms with van der Waals surface area (Å²) in [7, 11) is 0. The van der Waals surface area contributed by atoms with Gasteiger partial charge in [0, 0.05) is 16.9 Å². The van der Waals surface area contributed by atoms with Crippen LogP contribution in [-0.2, 0) is 11.8 Å². The Hall–Kier alpha value is -1.54. The fraction of sp³-hybridized carbons (Fsp3) is 0.316. The van der Waals surface area contributed by atoms with Crippen LogP contribution >= 0.6 is 11.8 Å². The number of benzene rings is 2. The van der Waals surface area contributed by atoms with E-state index in [2.05, 4.69) is 45.0 Å². The van der Waals surface area contributed by atoms with Crippen LogP contribution in [0.15, 0.2) is 53.4 Å². The lowest BCUT2D eigenvalue weighted by Crippen LogP contribution is -2.11. The quantitative estimate of drug-likeness (QED) is 0.575. The lowest BCUT2D eigenvalue weighted by atomic mass is 9.86. The maximum atomic E-state index is 12.5. The number of carbonyl (C=O) groups is 1. The van der Waals surface area contributed by atoms with E-state index in [0.29, 0.717) is 6.42 Å². The molecular formula is C19H22OS. The van der Waals surface area contributed by atoms with E-state index in [0.717, 1.165) is 16.0 Å². The van der Waals surface area contributed by atoms with Gasteiger partial charge < -0.3 is 0 Å². The van der Waals surface area contributed by atoms with Gasteiger partial charge in [0.05, 0.1) is 0 Å². The molecule has 2 aromatic carbocycles. The van der Waals surface area contributed by atoms with Gasteiger partial charge in [0.25, 0.3) is 0 Å². The van der Waals surface area contributed by atoms with Crippen molar-refractivity contribution >= 4 is 17.5 Å². The molecule has 0 saturated carbocycles. The molecule has 0 aliphatic carbocycles. The smallest absolute Gasteiger partial charge is 0.168 e. The van der Waals surface area contributed by atoms with E-state index in [4.69, 9.17) is 0 Å². The SMILES string of the molecule is CSc1ccccc1C(=O)Cc1ccc(C(C)(C)C)cc1. The van der Waals surface area contributed by atoms with Crippen molar-refractivity contribution in [1.82, 2.24) is 0 Å². The third kappa shape index (κ3) is 3.98. The summed E-state index contributed by atoms with van der Waals surface area (Å²) in [6.07, 6.45) is 2.46. The number of ketones is 1. The van der Waals surface area contributed by atoms with Crippen molar-refractivity contribution in [2.45, 2.75) is 37.5 Å². The molecule has 0 spiro atoms. The van der Waals surface area contributed by atoms with Gasteiger partial charge in [-0.05, 0) is 28.9 Å². The molecule has 0 aliphatic heterocycles. The average Bonchev–Trinajstić information content (AvgIpc) is 2.46. The zero-order chi connectivity index (χ0) is 15.5. The van der Waals surface area contributed by atoms with Gasteiger partial charge in [-0.3, -0.25) is 4.79 Å². The van der Waals surface area contributed by atoms with Crippen molar-refractivity contribution in [2.24, 2.45) is 0 Å². The molecule has 21 heavy (non-hydrogen) atoms. The Bertz CT molecular complexity index is 621. The van der Waals surface area contributed by atoms with Crippen molar-refractivity contribution < 1.29 is 4.79 Å². The van der Waals surface area contributed by atoms with Crippen LogP contribution in [0.1, 0.15) is 42.3 Å². The standard InChI is InChI=1S/C19H22OS/c1-19(2,3)15-11-9-14(10-12-15)13-17(20)16-7-5-6-8-18(16)21-4/h5-12H,13H2,1-4H3. The second-order valence-electron chi connectivity index (χ2n) is 6.25. The van der Waals surface area contributed by atoms with E-state index in [9.17, 15) is 4.79 Å². The molecule has 0 N–H and O–H groups in total. The number of thioether (sulfide) groups is 1. The van der Waals surface area contributed by atoms with Crippen LogP contribution < -0.4 is 0 Å². The molecule has 0 atom stereocenters. The first kappa shape index (κ1) is 15.8. The Morgan fingerprint density at radius 1 is 1.00 bits per heavy atom. The monoisotopic (exact) mass is 298 g/mol. The first-order chi connectivity index (χ1) is 9.91. The van der Waals surface area contributed by atoms with E-state index >= 15 is 0 Å². The zero-order valence-electron chi connectivity index (χ0n) is 13.1. The lowest BCUT2D eigenvalue weighted by Gasteiger charge is -2.19. The molecule has 1 nitrogen and oxygen atoms in total. The largest absolute Gasteiger partial charge is 0.294 e. The van der Waals surface area contributed by atoms with Crippen LogP contribution in [0, 0.1) is 0 Å². The van der Waals surface area contributed by atoms with Gasteiger partial charge in [0.1, 0.15) is 0 Å². The van der Waals surface area contributed by atoms with Crippen LogP contribution in [0.3, 0.4) is 0 Å². The second-order valence-corrected chi connectivity index (χ2v) is 7.10. The molecule has 0 unspecified atom stereocenters. The number of hydrogen-bond acceptors (Lipinski definition) is 2. The number of carbonyl (C=O) groups excluding carboxylic acids is 1. The number of rotatable bonds is 4. The highest BCUT2D eigenvalue weighted by Crippen LogP contribution is 2.24. The van der Waals surface area contributed by atoms with Crippen LogP contribution in [-0.4, -0.2) is 12.0 Å². The molecule has 2 aromatic rings. The minimum absolute atomic E-state index is 0.147. The third-order valence-corrected chi connectivity index (χ3v) is 4.39. The molecule has 0 heterocycles. The van der Waals surface area contributed by atoms with Gasteiger partial charge in [-0.1, -0.05) is 63.2 Å². The van der Waals surface area contributed by atoms with E-state index in [1.54, 1.807) is 11.8 Å². The minimum atomic E-state index is 0.147. The summed E-state index contributed by atoms with van der Waals surface area (Å²) in [6, 6.07) is 16.2. The molecule has 0 radical (unpaired) electrons. The molecule has 0 fully saturated rings. The van der Waals surface area contributed by atoms with Gasteiger partial charge >= 0.3 is 0 Å². The lowest BCUT2D eigenvalue weighted by molar-refractivity contribution is 0.0990. The number of Topliss-reactive ketones (excluding diaryl/α,β-unsaturated/α-hetero) is 1. The fourth-order valence-corrected chi connectivity index (χ4v) is 2.89. The maximum absolute atomic E-state index is 12.5. The van der Waals surface area contributed by atoms with Gasteiger partial charge in [-0.2, -0.15) is 0 Å². The summed E-state index contributed by atoms with van der Waals surface area (Å²) in [6.45, 7) is 6.59. The molecular weight excluding hydrogens is 276 g/mol. The molecule has 0 amide bonds. The van der Waals surface area contributed by atoms with Crippen LogP contribution in [0.25, 0.3) is 0 Å². The third-order valence-electron chi connectivity index (χ3n) is 3.59. The van der Waals surface area contributed by atoms with E-state index in [1.165, 1.54) is 5.56 Å². The maximum Gasteiger partial charge on any atom is 0.168 e. The predicted molar refractivity (Wildman–Crippen MR) is 91.4 cm³/mol. The van der Waals surface area contributed by atoms with E-state index < -0.39 is 0 Å². The van der Waals surface area contributed by atoms with Crippen molar-refractivity contribution in [2.75, 3.05) is 6.26 Å². The normalized spacial score (nSPS) is 11.4. The topological polar surface area (TPSA) is 17.1 Å². The fourth-order valence-electron chi connectivity index (χ4n) is 2.28. The highest BCUT2D eigenvalue weighted by Gasteiger charge is 2.14. The van der Waals surface area contributed by atoms with Gasteiger partial charge in [-0.15, -0.1) is 11.8 Å². The van der Waals surface area contributed by atoms with Crippen LogP contribution in [0.2, 0.25) is 0 Å². The molecule has 0 saturated heterocycles. The predicted octanol–water partition coefficient (Wildman–Crippen LogP) is 5.13. The Morgan fingerprint density at radius 3 is 2.19 bits per heavy atom. The molecule has 0 aliphatic rings. The first-order valence-electron chi connectivity index (χ1n) is 7.17. The minimum Gasteiger partial charge on any atom is -0.294 e. The van der Waals surface area contributed by atoms with Crippen LogP contribution in [0.5, 0.6) is 0 Å². The Morgan fingerprint density at radius 2 is 1.62 bits per heavy atom. The summed E-state index contributed by atoms with van der Waals surface area (Å²) in [5.41, 5.74) is 3.34. The van der Waals surface area contributed by atoms with Crippen LogP contribution in [0.4, 0.5) is 0 Å². The first-order valence-corrected chi connectivity index (χ1v) is 8.40. The Kier molecular flexibility index (Phi) is 4.89. The van der Waals surface area contributed by atoms with Crippen molar-refractivity contribution in [3.8, 4) is 0 Å². The summed E-state index contributed by atoms with van der Waals surface area (Å²) in [4.78, 5) is 13.5. The molecule has 2 rings (SSSR count). The summed E-state index contributed by atoms with van der Waals surface area (Å²) >= 11 is 1.62. The summed E-state index contributed by atoms with van der Waals surface area (Å²) in [5, 5.41) is 0. The molecule has 110 valence electrons. The van der Waals surface area contributed by atoms with Crippen molar-refractivity contribution in [1.29, 1.82) is 0 Å². The second kappa shape index (κ2) is 6.48. The van der Waals surface area contributed by atoms with Crippen molar-refractivity contribution in [3.05, 3.63) is 65.2 Å². The van der Waals surface area contributed by atoms with Crippen molar-refractivity contribution in [3.63, 3.8) is 0 Å². The molecule has 0 aromatic heterocycles. The Labute approximate surface area is 131 Å². The molecule has 2 heteroatoms. The highest BCUT2D eigenvalue weighted by atomic mass is 32.2. The van der Waals surface area contributed by atoms with E-state index in [-0.39, 0.29) is 11.2 Å². The van der Waals surface area contributed by atoms with Gasteiger partial charge in [-0.25, -0.2) is 0 Å². The van der Waals surface area contributed by atoms with Gasteiger partial charge in [0.15, 0.2) is 5.78 Å². The summed E-state index contributed by atoms with van der Waals surface area (Å²) < 4.78 is 0. The molecule has 0 bridgehead atoms. The highest BCUT2D eigenvalue weighted by molar-refractivity contribution is 7.98. The van der Waals surface area contributed by atoms with E-state index in [1.807, 2.05) is 30.5 Å². The zero-order valence-corrected chi connectivity index (χ0v) is 14.0. The van der Waals surface area contributed by atoms with Gasteiger partial charge in [0.2, 0.25) is 0 Å².